The lowest BCUT2D eigenvalue weighted by Crippen LogP contribution is -2.57. The Morgan fingerprint density at radius 2 is 2.00 bits per heavy atom. The van der Waals surface area contributed by atoms with Crippen molar-refractivity contribution in [2.45, 2.75) is 83.1 Å². The van der Waals surface area contributed by atoms with Crippen molar-refractivity contribution in [3.05, 3.63) is 42.0 Å². The number of amides is 3. The zero-order valence-corrected chi connectivity index (χ0v) is 21.0. The van der Waals surface area contributed by atoms with E-state index in [1.54, 1.807) is 4.90 Å². The van der Waals surface area contributed by atoms with E-state index in [1.807, 2.05) is 43.3 Å². The molecule has 35 heavy (non-hydrogen) atoms. The summed E-state index contributed by atoms with van der Waals surface area (Å²) in [7, 11) is 0. The molecule has 5 rings (SSSR count). The maximum Gasteiger partial charge on any atom is 0.246 e. The first-order valence-corrected chi connectivity index (χ1v) is 13.2. The number of carbonyl (C=O) groups is 3. The Labute approximate surface area is 207 Å². The summed E-state index contributed by atoms with van der Waals surface area (Å²) in [5, 5.41) is 6.26. The normalized spacial score (nSPS) is 35.3. The van der Waals surface area contributed by atoms with Crippen LogP contribution in [0.3, 0.4) is 0 Å². The van der Waals surface area contributed by atoms with E-state index >= 15 is 0 Å². The highest BCUT2D eigenvalue weighted by Gasteiger charge is 2.72. The van der Waals surface area contributed by atoms with Crippen molar-refractivity contribution in [3.63, 3.8) is 0 Å². The Morgan fingerprint density at radius 1 is 1.20 bits per heavy atom. The lowest BCUT2D eigenvalue weighted by atomic mass is 9.74. The zero-order valence-electron chi connectivity index (χ0n) is 21.0. The van der Waals surface area contributed by atoms with Gasteiger partial charge < -0.3 is 20.3 Å². The molecule has 0 aromatic heterocycles. The minimum Gasteiger partial charge on any atom is -0.359 e. The van der Waals surface area contributed by atoms with Gasteiger partial charge in [0, 0.05) is 18.3 Å². The summed E-state index contributed by atoms with van der Waals surface area (Å²) in [5.41, 5.74) is 0.649. The number of unbranched alkanes of at least 4 members (excludes halogenated alkanes) is 1. The molecule has 1 spiro atoms. The predicted molar refractivity (Wildman–Crippen MR) is 134 cm³/mol. The van der Waals surface area contributed by atoms with Gasteiger partial charge in [0.05, 0.1) is 17.9 Å². The quantitative estimate of drug-likeness (QED) is 0.585. The van der Waals surface area contributed by atoms with Gasteiger partial charge in [0.2, 0.25) is 17.7 Å². The molecule has 1 aliphatic carbocycles. The van der Waals surface area contributed by atoms with Gasteiger partial charge in [0.15, 0.2) is 0 Å². The number of carbonyl (C=O) groups excluding carboxylic acids is 3. The van der Waals surface area contributed by atoms with E-state index in [4.69, 9.17) is 4.74 Å². The van der Waals surface area contributed by atoms with Crippen LogP contribution in [0.5, 0.6) is 0 Å². The maximum absolute atomic E-state index is 13.8. The third kappa shape index (κ3) is 4.07. The van der Waals surface area contributed by atoms with Crippen LogP contribution in [0, 0.1) is 24.7 Å². The van der Waals surface area contributed by atoms with Crippen molar-refractivity contribution in [3.8, 4) is 0 Å². The van der Waals surface area contributed by atoms with Crippen molar-refractivity contribution >= 4 is 23.4 Å². The number of anilines is 1. The molecule has 0 unspecified atom stereocenters. The summed E-state index contributed by atoms with van der Waals surface area (Å²) < 4.78 is 6.41. The Hall–Kier alpha value is -2.67. The lowest BCUT2D eigenvalue weighted by molar-refractivity contribution is -0.141. The minimum absolute atomic E-state index is 0.109. The van der Waals surface area contributed by atoms with Crippen molar-refractivity contribution in [1.82, 2.24) is 10.2 Å². The summed E-state index contributed by atoms with van der Waals surface area (Å²) in [6.07, 6.45) is 9.31. The third-order valence-electron chi connectivity index (χ3n) is 8.40. The maximum atomic E-state index is 13.8. The molecule has 7 heteroatoms. The number of ether oxygens (including phenoxy) is 1. The van der Waals surface area contributed by atoms with E-state index in [1.165, 1.54) is 6.42 Å². The second-order valence-corrected chi connectivity index (χ2v) is 10.8. The fraction of sp³-hybridized carbons (Fsp3) is 0.607. The molecule has 3 aliphatic heterocycles. The molecule has 2 bridgehead atoms. The summed E-state index contributed by atoms with van der Waals surface area (Å²) in [6.45, 7) is 6.71. The summed E-state index contributed by atoms with van der Waals surface area (Å²) in [6, 6.07) is 6.97. The van der Waals surface area contributed by atoms with E-state index in [0.717, 1.165) is 37.7 Å². The van der Waals surface area contributed by atoms with Crippen LogP contribution in [-0.2, 0) is 19.1 Å². The molecule has 0 radical (unpaired) electrons. The highest BCUT2D eigenvalue weighted by Crippen LogP contribution is 2.55. The lowest BCUT2D eigenvalue weighted by Gasteiger charge is -2.36. The van der Waals surface area contributed by atoms with Crippen molar-refractivity contribution in [2.75, 3.05) is 11.9 Å². The Morgan fingerprint density at radius 3 is 2.74 bits per heavy atom. The molecule has 7 nitrogen and oxygen atoms in total. The highest BCUT2D eigenvalue weighted by molar-refractivity contribution is 6.02. The molecule has 3 amide bonds. The number of nitrogens with one attached hydrogen (secondary N) is 2. The first-order valence-electron chi connectivity index (χ1n) is 13.2. The standard InChI is InChI=1S/C28H37N3O4/c1-4-5-15-31-24(26(33)30-20-12-7-6-10-18(20)3)28-14-13-21(35-28)22(23(28)27(31)34)25(32)29-19-11-8-9-17(2)16-19/h8-9,11,13-14,16,18,20-24H,4-7,10,12,15H2,1-3H3,(H,29,32)(H,30,33)/t18-,20-,21-,22-,23-,24+,28+/m1/s1. The average Bonchev–Trinajstić information content (AvgIpc) is 3.46. The molecule has 3 heterocycles. The van der Waals surface area contributed by atoms with Crippen LogP contribution in [0.15, 0.2) is 36.4 Å². The molecular formula is C28H37N3O4. The average molecular weight is 480 g/mol. The topological polar surface area (TPSA) is 87.7 Å². The van der Waals surface area contributed by atoms with Crippen molar-refractivity contribution in [1.29, 1.82) is 0 Å². The monoisotopic (exact) mass is 479 g/mol. The van der Waals surface area contributed by atoms with Crippen LogP contribution in [0.4, 0.5) is 5.69 Å². The van der Waals surface area contributed by atoms with Gasteiger partial charge in [0.25, 0.3) is 0 Å². The molecule has 2 saturated heterocycles. The van der Waals surface area contributed by atoms with Crippen LogP contribution >= 0.6 is 0 Å². The van der Waals surface area contributed by atoms with Crippen LogP contribution in [0.1, 0.15) is 57.9 Å². The first kappa shape index (κ1) is 24.0. The smallest absolute Gasteiger partial charge is 0.246 e. The molecule has 1 aromatic rings. The first-order chi connectivity index (χ1) is 16.9. The number of nitrogens with zero attached hydrogens (tertiary/aromatic N) is 1. The molecule has 1 saturated carbocycles. The van der Waals surface area contributed by atoms with Gasteiger partial charge in [-0.2, -0.15) is 0 Å². The van der Waals surface area contributed by atoms with Gasteiger partial charge in [-0.1, -0.05) is 57.4 Å². The predicted octanol–water partition coefficient (Wildman–Crippen LogP) is 3.58. The molecule has 4 aliphatic rings. The van der Waals surface area contributed by atoms with E-state index in [-0.39, 0.29) is 23.8 Å². The van der Waals surface area contributed by atoms with Gasteiger partial charge in [-0.25, -0.2) is 0 Å². The van der Waals surface area contributed by atoms with E-state index in [9.17, 15) is 14.4 Å². The molecule has 188 valence electrons. The van der Waals surface area contributed by atoms with Crippen LogP contribution in [0.25, 0.3) is 0 Å². The van der Waals surface area contributed by atoms with Crippen LogP contribution < -0.4 is 10.6 Å². The molecule has 1 aromatic carbocycles. The van der Waals surface area contributed by atoms with Gasteiger partial charge in [0.1, 0.15) is 11.6 Å². The zero-order chi connectivity index (χ0) is 24.7. The summed E-state index contributed by atoms with van der Waals surface area (Å²) in [4.78, 5) is 42.8. The van der Waals surface area contributed by atoms with E-state index < -0.39 is 29.6 Å². The van der Waals surface area contributed by atoms with Crippen molar-refractivity contribution < 1.29 is 19.1 Å². The second-order valence-electron chi connectivity index (χ2n) is 10.8. The number of aryl methyl sites for hydroxylation is 1. The summed E-state index contributed by atoms with van der Waals surface area (Å²) in [5.74, 6) is -1.48. The number of hydrogen-bond donors (Lipinski definition) is 2. The Balaban J connectivity index is 1.43. The number of benzene rings is 1. The molecule has 2 N–H and O–H groups in total. The minimum atomic E-state index is -1.09. The number of rotatable bonds is 7. The number of hydrogen-bond acceptors (Lipinski definition) is 4. The molecule has 7 atom stereocenters. The van der Waals surface area contributed by atoms with Gasteiger partial charge in [-0.3, -0.25) is 14.4 Å². The third-order valence-corrected chi connectivity index (χ3v) is 8.40. The fourth-order valence-corrected chi connectivity index (χ4v) is 6.58. The highest BCUT2D eigenvalue weighted by atomic mass is 16.5. The van der Waals surface area contributed by atoms with E-state index in [0.29, 0.717) is 18.2 Å². The van der Waals surface area contributed by atoms with Gasteiger partial charge >= 0.3 is 0 Å². The Bertz CT molecular complexity index is 1040. The largest absolute Gasteiger partial charge is 0.359 e. The van der Waals surface area contributed by atoms with E-state index in [2.05, 4.69) is 24.5 Å². The van der Waals surface area contributed by atoms with Crippen molar-refractivity contribution in [2.24, 2.45) is 17.8 Å². The van der Waals surface area contributed by atoms with Crippen LogP contribution in [0.2, 0.25) is 0 Å². The van der Waals surface area contributed by atoms with Gasteiger partial charge in [-0.05, 0) is 49.8 Å². The Kier molecular flexibility index (Phi) is 6.47. The number of likely N-dealkylation sites (tertiary alicyclic amines) is 1. The summed E-state index contributed by atoms with van der Waals surface area (Å²) >= 11 is 0. The van der Waals surface area contributed by atoms with Crippen LogP contribution in [-0.4, -0.2) is 53.0 Å². The van der Waals surface area contributed by atoms with Gasteiger partial charge in [-0.15, -0.1) is 0 Å². The second kappa shape index (κ2) is 9.41. The molecule has 3 fully saturated rings. The number of fused-ring (bicyclic) bond motifs is 1. The fourth-order valence-electron chi connectivity index (χ4n) is 6.58. The SMILES string of the molecule is CCCCN1C(=O)[C@H]2[C@H](C(=O)Nc3cccc(C)c3)[C@H]3C=C[C@@]2(O3)[C@@H]1C(=O)N[C@@H]1CCCC[C@H]1C. The molecular weight excluding hydrogens is 442 g/mol.